The van der Waals surface area contributed by atoms with Gasteiger partial charge >= 0.3 is 5.97 Å². The zero-order valence-electron chi connectivity index (χ0n) is 12.2. The highest BCUT2D eigenvalue weighted by Crippen LogP contribution is 2.39. The van der Waals surface area contributed by atoms with Crippen molar-refractivity contribution in [1.82, 2.24) is 5.32 Å². The molecule has 112 valence electrons. The molecule has 0 aromatic carbocycles. The van der Waals surface area contributed by atoms with Crippen molar-refractivity contribution in [3.63, 3.8) is 0 Å². The summed E-state index contributed by atoms with van der Waals surface area (Å²) in [5.74, 6) is 3.19. The predicted molar refractivity (Wildman–Crippen MR) is 80.6 cm³/mol. The zero-order chi connectivity index (χ0) is 14.4. The highest BCUT2D eigenvalue weighted by molar-refractivity contribution is 7.98. The molecule has 1 aliphatic rings. The van der Waals surface area contributed by atoms with Gasteiger partial charge in [-0.05, 0) is 50.1 Å². The normalized spacial score (nSPS) is 25.8. The predicted octanol–water partition coefficient (Wildman–Crippen LogP) is 2.83. The maximum Gasteiger partial charge on any atom is 0.326 e. The molecular weight excluding hydrogens is 274 g/mol. The number of thioether (sulfide) groups is 1. The smallest absolute Gasteiger partial charge is 0.326 e. The molecule has 0 radical (unpaired) electrons. The average Bonchev–Trinajstić information content (AvgIpc) is 3.12. The van der Waals surface area contributed by atoms with Gasteiger partial charge in [0.05, 0.1) is 19.1 Å². The molecule has 5 heteroatoms. The van der Waals surface area contributed by atoms with Crippen molar-refractivity contribution in [1.29, 1.82) is 0 Å². The van der Waals surface area contributed by atoms with E-state index in [1.165, 1.54) is 7.11 Å². The summed E-state index contributed by atoms with van der Waals surface area (Å²) in [5, 5.41) is 3.23. The molecule has 0 aliphatic heterocycles. The van der Waals surface area contributed by atoms with E-state index in [0.717, 1.165) is 42.9 Å². The van der Waals surface area contributed by atoms with Crippen LogP contribution in [0.3, 0.4) is 0 Å². The minimum absolute atomic E-state index is 0.112. The molecule has 1 fully saturated rings. The topological polar surface area (TPSA) is 51.5 Å². The summed E-state index contributed by atoms with van der Waals surface area (Å²) >= 11 is 1.85. The maximum atomic E-state index is 12.1. The quantitative estimate of drug-likeness (QED) is 0.619. The Morgan fingerprint density at radius 2 is 2.50 bits per heavy atom. The number of nitrogens with one attached hydrogen (secondary N) is 1. The standard InChI is InChI=1S/C15H23NO3S/c1-16-15(14(17)18-2)8-3-5-12(15)7-10-20-11-13-6-4-9-19-13/h4,6,9,12,16H,3,5,7-8,10-11H2,1-2H3. The Hall–Kier alpha value is -0.940. The van der Waals surface area contributed by atoms with E-state index in [9.17, 15) is 4.79 Å². The molecule has 1 heterocycles. The van der Waals surface area contributed by atoms with Gasteiger partial charge in [-0.1, -0.05) is 6.42 Å². The van der Waals surface area contributed by atoms with Crippen LogP contribution in [-0.2, 0) is 15.3 Å². The van der Waals surface area contributed by atoms with Crippen LogP contribution in [0.15, 0.2) is 22.8 Å². The second kappa shape index (κ2) is 7.18. The molecule has 0 saturated heterocycles. The first-order valence-corrected chi connectivity index (χ1v) is 8.26. The fourth-order valence-electron chi connectivity index (χ4n) is 3.14. The lowest BCUT2D eigenvalue weighted by molar-refractivity contribution is -0.150. The Balaban J connectivity index is 1.83. The second-order valence-electron chi connectivity index (χ2n) is 5.22. The van der Waals surface area contributed by atoms with Gasteiger partial charge in [-0.15, -0.1) is 0 Å². The highest BCUT2D eigenvalue weighted by Gasteiger charge is 2.48. The minimum Gasteiger partial charge on any atom is -0.468 e. The van der Waals surface area contributed by atoms with Crippen molar-refractivity contribution >= 4 is 17.7 Å². The number of rotatable bonds is 7. The van der Waals surface area contributed by atoms with Gasteiger partial charge in [0.2, 0.25) is 0 Å². The van der Waals surface area contributed by atoms with Gasteiger partial charge in [-0.2, -0.15) is 11.8 Å². The third kappa shape index (κ3) is 3.20. The Labute approximate surface area is 124 Å². The van der Waals surface area contributed by atoms with E-state index in [1.54, 1.807) is 6.26 Å². The van der Waals surface area contributed by atoms with Crippen molar-refractivity contribution < 1.29 is 13.9 Å². The number of furan rings is 1. The van der Waals surface area contributed by atoms with E-state index in [0.29, 0.717) is 5.92 Å². The fourth-order valence-corrected chi connectivity index (χ4v) is 4.10. The highest BCUT2D eigenvalue weighted by atomic mass is 32.2. The van der Waals surface area contributed by atoms with E-state index >= 15 is 0 Å². The van der Waals surface area contributed by atoms with E-state index < -0.39 is 5.54 Å². The molecule has 0 spiro atoms. The number of ether oxygens (including phenoxy) is 1. The molecule has 2 rings (SSSR count). The number of carbonyl (C=O) groups is 1. The number of hydrogen-bond acceptors (Lipinski definition) is 5. The maximum absolute atomic E-state index is 12.1. The summed E-state index contributed by atoms with van der Waals surface area (Å²) in [4.78, 5) is 12.1. The number of esters is 1. The van der Waals surface area contributed by atoms with Gasteiger partial charge in [-0.25, -0.2) is 0 Å². The molecular formula is C15H23NO3S. The minimum atomic E-state index is -0.472. The average molecular weight is 297 g/mol. The lowest BCUT2D eigenvalue weighted by Crippen LogP contribution is -2.53. The molecule has 1 aromatic rings. The van der Waals surface area contributed by atoms with Crippen LogP contribution in [0.5, 0.6) is 0 Å². The van der Waals surface area contributed by atoms with Gasteiger partial charge in [0.1, 0.15) is 11.3 Å². The first-order chi connectivity index (χ1) is 9.73. The number of likely N-dealkylation sites (N-methyl/N-ethyl adjacent to an activating group) is 1. The van der Waals surface area contributed by atoms with Crippen molar-refractivity contribution in [2.75, 3.05) is 19.9 Å². The van der Waals surface area contributed by atoms with Crippen molar-refractivity contribution in [3.8, 4) is 0 Å². The molecule has 1 N–H and O–H groups in total. The van der Waals surface area contributed by atoms with E-state index in [4.69, 9.17) is 9.15 Å². The summed E-state index contributed by atoms with van der Waals surface area (Å²) in [5.41, 5.74) is -0.472. The Morgan fingerprint density at radius 3 is 3.15 bits per heavy atom. The van der Waals surface area contributed by atoms with Crippen LogP contribution in [0.4, 0.5) is 0 Å². The van der Waals surface area contributed by atoms with Gasteiger partial charge in [0, 0.05) is 0 Å². The lowest BCUT2D eigenvalue weighted by atomic mass is 9.85. The summed E-state index contributed by atoms with van der Waals surface area (Å²) in [6, 6.07) is 3.91. The third-order valence-electron chi connectivity index (χ3n) is 4.25. The van der Waals surface area contributed by atoms with Crippen LogP contribution in [0, 0.1) is 5.92 Å². The molecule has 1 aliphatic carbocycles. The van der Waals surface area contributed by atoms with Gasteiger partial charge in [0.15, 0.2) is 0 Å². The molecule has 0 amide bonds. The van der Waals surface area contributed by atoms with Crippen LogP contribution in [0.1, 0.15) is 31.4 Å². The van der Waals surface area contributed by atoms with Gasteiger partial charge in [0.25, 0.3) is 0 Å². The van der Waals surface area contributed by atoms with Crippen molar-refractivity contribution in [3.05, 3.63) is 24.2 Å². The SMILES string of the molecule is CNC1(C(=O)OC)CCCC1CCSCc1ccco1. The van der Waals surface area contributed by atoms with Crippen LogP contribution >= 0.6 is 11.8 Å². The second-order valence-corrected chi connectivity index (χ2v) is 6.33. The van der Waals surface area contributed by atoms with Crippen LogP contribution < -0.4 is 5.32 Å². The largest absolute Gasteiger partial charge is 0.468 e. The lowest BCUT2D eigenvalue weighted by Gasteiger charge is -2.32. The van der Waals surface area contributed by atoms with Gasteiger partial charge < -0.3 is 14.5 Å². The van der Waals surface area contributed by atoms with E-state index in [2.05, 4.69) is 5.32 Å². The Morgan fingerprint density at radius 1 is 1.65 bits per heavy atom. The first kappa shape index (κ1) is 15.4. The number of hydrogen-bond donors (Lipinski definition) is 1. The van der Waals surface area contributed by atoms with Crippen LogP contribution in [-0.4, -0.2) is 31.4 Å². The molecule has 4 nitrogen and oxygen atoms in total. The van der Waals surface area contributed by atoms with Crippen molar-refractivity contribution in [2.45, 2.75) is 37.0 Å². The molecule has 20 heavy (non-hydrogen) atoms. The van der Waals surface area contributed by atoms with E-state index in [1.807, 2.05) is 30.9 Å². The van der Waals surface area contributed by atoms with E-state index in [-0.39, 0.29) is 5.97 Å². The van der Waals surface area contributed by atoms with Gasteiger partial charge in [-0.3, -0.25) is 4.79 Å². The molecule has 1 saturated carbocycles. The number of methoxy groups -OCH3 is 1. The summed E-state index contributed by atoms with van der Waals surface area (Å²) in [6.07, 6.45) is 5.79. The fraction of sp³-hybridized carbons (Fsp3) is 0.667. The molecule has 1 aromatic heterocycles. The first-order valence-electron chi connectivity index (χ1n) is 7.10. The van der Waals surface area contributed by atoms with Crippen LogP contribution in [0.25, 0.3) is 0 Å². The van der Waals surface area contributed by atoms with Crippen molar-refractivity contribution in [2.24, 2.45) is 5.92 Å². The summed E-state index contributed by atoms with van der Waals surface area (Å²) < 4.78 is 10.3. The summed E-state index contributed by atoms with van der Waals surface area (Å²) in [7, 11) is 3.34. The summed E-state index contributed by atoms with van der Waals surface area (Å²) in [6.45, 7) is 0. The Bertz CT molecular complexity index is 421. The molecule has 2 unspecified atom stereocenters. The molecule has 2 atom stereocenters. The Kier molecular flexibility index (Phi) is 5.54. The third-order valence-corrected chi connectivity index (χ3v) is 5.26. The van der Waals surface area contributed by atoms with Crippen LogP contribution in [0.2, 0.25) is 0 Å². The molecule has 0 bridgehead atoms. The monoisotopic (exact) mass is 297 g/mol. The number of carbonyl (C=O) groups excluding carboxylic acids is 1. The zero-order valence-corrected chi connectivity index (χ0v) is 13.0.